The van der Waals surface area contributed by atoms with Crippen LogP contribution in [0.25, 0.3) is 0 Å². The first kappa shape index (κ1) is 16.5. The van der Waals surface area contributed by atoms with Crippen molar-refractivity contribution >= 4 is 22.5 Å². The van der Waals surface area contributed by atoms with Crippen LogP contribution in [0, 0.1) is 0 Å². The molecule has 0 radical (unpaired) electrons. The Kier molecular flexibility index (Phi) is 5.55. The van der Waals surface area contributed by atoms with Gasteiger partial charge in [0.05, 0.1) is 11.1 Å². The Morgan fingerprint density at radius 3 is 2.55 bits per heavy atom. The minimum atomic E-state index is -4.74. The van der Waals surface area contributed by atoms with Crippen LogP contribution in [-0.2, 0) is 17.0 Å². The number of halogens is 3. The Labute approximate surface area is 116 Å². The van der Waals surface area contributed by atoms with Gasteiger partial charge in [0.25, 0.3) is 0 Å². The van der Waals surface area contributed by atoms with E-state index in [1.165, 1.54) is 6.07 Å². The van der Waals surface area contributed by atoms with E-state index in [4.69, 9.17) is 5.11 Å². The first-order valence-electron chi connectivity index (χ1n) is 5.79. The molecule has 0 saturated carbocycles. The number of anilines is 1. The van der Waals surface area contributed by atoms with Gasteiger partial charge in [0, 0.05) is 34.5 Å². The highest BCUT2D eigenvalue weighted by atomic mass is 32.2. The van der Waals surface area contributed by atoms with Gasteiger partial charge in [-0.2, -0.15) is 13.2 Å². The molecule has 0 aliphatic rings. The smallest absolute Gasteiger partial charge is 0.417 e. The van der Waals surface area contributed by atoms with Gasteiger partial charge in [0.1, 0.15) is 0 Å². The van der Waals surface area contributed by atoms with E-state index in [2.05, 4.69) is 5.32 Å². The molecule has 8 heteroatoms. The third-order valence-electron chi connectivity index (χ3n) is 2.54. The second-order valence-electron chi connectivity index (χ2n) is 3.92. The molecule has 0 saturated heterocycles. The number of carboxylic acid groups (broad SMARTS) is 1. The molecule has 112 valence electrons. The van der Waals surface area contributed by atoms with Crippen LogP contribution in [0.2, 0.25) is 0 Å². The average molecular weight is 309 g/mol. The van der Waals surface area contributed by atoms with Crippen molar-refractivity contribution in [1.82, 2.24) is 0 Å². The summed E-state index contributed by atoms with van der Waals surface area (Å²) in [5.74, 6) is -0.831. The molecule has 1 rings (SSSR count). The van der Waals surface area contributed by atoms with E-state index in [1.807, 2.05) is 0 Å². The van der Waals surface area contributed by atoms with Crippen LogP contribution in [0.1, 0.15) is 22.8 Å². The third-order valence-corrected chi connectivity index (χ3v) is 3.84. The summed E-state index contributed by atoms with van der Waals surface area (Å²) < 4.78 is 49.4. The second kappa shape index (κ2) is 6.74. The SMILES string of the molecule is CCS(=O)CCNc1ccc(C(=O)O)c(C(F)(F)F)c1. The first-order chi connectivity index (χ1) is 9.25. The zero-order chi connectivity index (χ0) is 15.3. The summed E-state index contributed by atoms with van der Waals surface area (Å²) >= 11 is 0. The maximum atomic E-state index is 12.8. The van der Waals surface area contributed by atoms with Gasteiger partial charge in [0.2, 0.25) is 0 Å². The van der Waals surface area contributed by atoms with Gasteiger partial charge in [-0.1, -0.05) is 6.92 Å². The lowest BCUT2D eigenvalue weighted by molar-refractivity contribution is -0.138. The molecule has 1 atom stereocenters. The van der Waals surface area contributed by atoms with E-state index in [0.717, 1.165) is 12.1 Å². The van der Waals surface area contributed by atoms with Crippen LogP contribution in [-0.4, -0.2) is 33.3 Å². The van der Waals surface area contributed by atoms with E-state index in [-0.39, 0.29) is 12.2 Å². The number of benzene rings is 1. The highest BCUT2D eigenvalue weighted by Gasteiger charge is 2.35. The number of nitrogens with one attached hydrogen (secondary N) is 1. The van der Waals surface area contributed by atoms with Crippen molar-refractivity contribution < 1.29 is 27.3 Å². The maximum absolute atomic E-state index is 12.8. The molecular weight excluding hydrogens is 295 g/mol. The average Bonchev–Trinajstić information content (AvgIpc) is 2.37. The van der Waals surface area contributed by atoms with Crippen LogP contribution < -0.4 is 5.32 Å². The quantitative estimate of drug-likeness (QED) is 0.847. The molecule has 4 nitrogen and oxygen atoms in total. The Balaban J connectivity index is 2.90. The van der Waals surface area contributed by atoms with Crippen LogP contribution in [0.5, 0.6) is 0 Å². The van der Waals surface area contributed by atoms with Crippen molar-refractivity contribution in [3.8, 4) is 0 Å². The molecule has 0 amide bonds. The summed E-state index contributed by atoms with van der Waals surface area (Å²) in [7, 11) is -1.01. The van der Waals surface area contributed by atoms with Crippen LogP contribution in [0.15, 0.2) is 18.2 Å². The summed E-state index contributed by atoms with van der Waals surface area (Å²) in [6.07, 6.45) is -4.74. The third kappa shape index (κ3) is 4.52. The van der Waals surface area contributed by atoms with E-state index in [9.17, 15) is 22.2 Å². The lowest BCUT2D eigenvalue weighted by Gasteiger charge is -2.13. The molecule has 2 N–H and O–H groups in total. The van der Waals surface area contributed by atoms with Gasteiger partial charge >= 0.3 is 12.1 Å². The number of carbonyl (C=O) groups is 1. The van der Waals surface area contributed by atoms with Gasteiger partial charge in [-0.15, -0.1) is 0 Å². The molecule has 0 aromatic heterocycles. The van der Waals surface area contributed by atoms with E-state index in [0.29, 0.717) is 11.5 Å². The zero-order valence-electron chi connectivity index (χ0n) is 10.7. The van der Waals surface area contributed by atoms with Crippen molar-refractivity contribution in [1.29, 1.82) is 0 Å². The van der Waals surface area contributed by atoms with Crippen LogP contribution in [0.4, 0.5) is 18.9 Å². The number of hydrogen-bond acceptors (Lipinski definition) is 3. The highest BCUT2D eigenvalue weighted by molar-refractivity contribution is 7.84. The molecule has 0 aliphatic heterocycles. The van der Waals surface area contributed by atoms with E-state index < -0.39 is 34.1 Å². The van der Waals surface area contributed by atoms with Gasteiger partial charge in [-0.25, -0.2) is 4.79 Å². The lowest BCUT2D eigenvalue weighted by Crippen LogP contribution is -2.15. The number of aromatic carboxylic acids is 1. The second-order valence-corrected chi connectivity index (χ2v) is 5.79. The van der Waals surface area contributed by atoms with Crippen LogP contribution in [0.3, 0.4) is 0 Å². The topological polar surface area (TPSA) is 66.4 Å². The normalized spacial score (nSPS) is 13.0. The van der Waals surface area contributed by atoms with Gasteiger partial charge in [-0.3, -0.25) is 4.21 Å². The molecule has 1 aromatic carbocycles. The van der Waals surface area contributed by atoms with Crippen molar-refractivity contribution in [2.24, 2.45) is 0 Å². The fraction of sp³-hybridized carbons (Fsp3) is 0.417. The number of hydrogen-bond donors (Lipinski definition) is 2. The fourth-order valence-electron chi connectivity index (χ4n) is 1.53. The predicted molar refractivity (Wildman–Crippen MR) is 70.4 cm³/mol. The molecule has 0 heterocycles. The minimum absolute atomic E-state index is 0.149. The fourth-order valence-corrected chi connectivity index (χ4v) is 2.15. The molecule has 0 bridgehead atoms. The van der Waals surface area contributed by atoms with Gasteiger partial charge < -0.3 is 10.4 Å². The maximum Gasteiger partial charge on any atom is 0.417 e. The molecule has 20 heavy (non-hydrogen) atoms. The van der Waals surface area contributed by atoms with Crippen molar-refractivity contribution in [3.63, 3.8) is 0 Å². The number of alkyl halides is 3. The van der Waals surface area contributed by atoms with Crippen molar-refractivity contribution in [2.45, 2.75) is 13.1 Å². The van der Waals surface area contributed by atoms with Gasteiger partial charge in [-0.05, 0) is 18.2 Å². The summed E-state index contributed by atoms with van der Waals surface area (Å²) in [6, 6.07) is 2.91. The molecule has 0 aliphatic carbocycles. The minimum Gasteiger partial charge on any atom is -0.478 e. The van der Waals surface area contributed by atoms with E-state index in [1.54, 1.807) is 6.92 Å². The Bertz CT molecular complexity index is 517. The first-order valence-corrected chi connectivity index (χ1v) is 7.28. The van der Waals surface area contributed by atoms with Crippen molar-refractivity contribution in [2.75, 3.05) is 23.4 Å². The number of carboxylic acids is 1. The highest BCUT2D eigenvalue weighted by Crippen LogP contribution is 2.33. The lowest BCUT2D eigenvalue weighted by atomic mass is 10.1. The summed E-state index contributed by atoms with van der Waals surface area (Å²) in [5.41, 5.74) is -1.85. The standard InChI is InChI=1S/C12H14F3NO3S/c1-2-20(19)6-5-16-8-3-4-9(11(17)18)10(7-8)12(13,14)15/h3-4,7,16H,2,5-6H2,1H3,(H,17,18). The van der Waals surface area contributed by atoms with Crippen molar-refractivity contribution in [3.05, 3.63) is 29.3 Å². The Morgan fingerprint density at radius 1 is 1.40 bits per heavy atom. The Hall–Kier alpha value is -1.57. The summed E-state index contributed by atoms with van der Waals surface area (Å²) in [5, 5.41) is 11.4. The molecule has 0 fully saturated rings. The predicted octanol–water partition coefficient (Wildman–Crippen LogP) is 2.58. The van der Waals surface area contributed by atoms with Crippen LogP contribution >= 0.6 is 0 Å². The molecule has 0 spiro atoms. The van der Waals surface area contributed by atoms with Gasteiger partial charge in [0.15, 0.2) is 0 Å². The molecular formula is C12H14F3NO3S. The Morgan fingerprint density at radius 2 is 2.05 bits per heavy atom. The van der Waals surface area contributed by atoms with E-state index >= 15 is 0 Å². The molecule has 1 unspecified atom stereocenters. The zero-order valence-corrected chi connectivity index (χ0v) is 11.5. The summed E-state index contributed by atoms with van der Waals surface area (Å²) in [4.78, 5) is 10.8. The monoisotopic (exact) mass is 309 g/mol. The largest absolute Gasteiger partial charge is 0.478 e. The molecule has 1 aromatic rings. The summed E-state index contributed by atoms with van der Waals surface area (Å²) in [6.45, 7) is 2.00. The number of rotatable bonds is 6.